The molecular weight excluding hydrogens is 284 g/mol. The number of nitrogens with zero attached hydrogens (tertiary/aromatic N) is 2. The van der Waals surface area contributed by atoms with Crippen LogP contribution in [0.5, 0.6) is 0 Å². The van der Waals surface area contributed by atoms with Crippen LogP contribution in [0.1, 0.15) is 20.8 Å². The van der Waals surface area contributed by atoms with E-state index in [2.05, 4.69) is 20.9 Å². The maximum absolute atomic E-state index is 11.5. The van der Waals surface area contributed by atoms with Crippen molar-refractivity contribution in [2.45, 2.75) is 26.8 Å². The molecule has 1 heterocycles. The molecule has 1 aromatic heterocycles. The van der Waals surface area contributed by atoms with E-state index < -0.39 is 0 Å². The van der Waals surface area contributed by atoms with E-state index in [0.717, 1.165) is 10.3 Å². The molecule has 0 N–H and O–H groups in total. The van der Waals surface area contributed by atoms with Gasteiger partial charge in [-0.2, -0.15) is 0 Å². The number of ether oxygens (including phenoxy) is 1. The highest BCUT2D eigenvalue weighted by Crippen LogP contribution is 2.24. The Bertz CT molecular complexity index is 383. The lowest BCUT2D eigenvalue weighted by Gasteiger charge is -2.27. The van der Waals surface area contributed by atoms with E-state index in [9.17, 15) is 4.79 Å². The molecule has 94 valence electrons. The van der Waals surface area contributed by atoms with Crippen LogP contribution >= 0.6 is 15.9 Å². The Hall–Kier alpha value is -1.10. The molecule has 0 spiro atoms. The molecule has 1 rings (SSSR count). The molecule has 0 aliphatic rings. The Morgan fingerprint density at radius 2 is 2.29 bits per heavy atom. The first-order valence-electron chi connectivity index (χ1n) is 5.59. The summed E-state index contributed by atoms with van der Waals surface area (Å²) >= 11 is 3.44. The zero-order valence-corrected chi connectivity index (χ0v) is 11.9. The number of esters is 1. The molecule has 17 heavy (non-hydrogen) atoms. The third-order valence-electron chi connectivity index (χ3n) is 2.24. The Balaban J connectivity index is 2.87. The van der Waals surface area contributed by atoms with Gasteiger partial charge in [-0.15, -0.1) is 0 Å². The van der Waals surface area contributed by atoms with Crippen molar-refractivity contribution >= 4 is 27.7 Å². The first kappa shape index (κ1) is 14.0. The average Bonchev–Trinajstić information content (AvgIpc) is 2.27. The van der Waals surface area contributed by atoms with Crippen molar-refractivity contribution in [3.63, 3.8) is 0 Å². The van der Waals surface area contributed by atoms with Crippen LogP contribution in [-0.4, -0.2) is 30.1 Å². The molecule has 0 radical (unpaired) electrons. The van der Waals surface area contributed by atoms with Crippen molar-refractivity contribution in [1.29, 1.82) is 0 Å². The predicted molar refractivity (Wildman–Crippen MR) is 71.1 cm³/mol. The van der Waals surface area contributed by atoms with Crippen LogP contribution in [-0.2, 0) is 9.53 Å². The van der Waals surface area contributed by atoms with Crippen LogP contribution in [0.2, 0.25) is 0 Å². The summed E-state index contributed by atoms with van der Waals surface area (Å²) < 4.78 is 5.83. The molecule has 0 fully saturated rings. The molecule has 0 atom stereocenters. The van der Waals surface area contributed by atoms with Crippen LogP contribution in [0, 0.1) is 0 Å². The van der Waals surface area contributed by atoms with Gasteiger partial charge in [0.05, 0.1) is 11.1 Å². The number of hydrogen-bond donors (Lipinski definition) is 0. The van der Waals surface area contributed by atoms with E-state index >= 15 is 0 Å². The van der Waals surface area contributed by atoms with Crippen molar-refractivity contribution in [2.24, 2.45) is 0 Å². The first-order valence-corrected chi connectivity index (χ1v) is 6.38. The van der Waals surface area contributed by atoms with E-state index in [-0.39, 0.29) is 18.6 Å². The molecule has 1 aromatic rings. The zero-order valence-electron chi connectivity index (χ0n) is 10.3. The fourth-order valence-electron chi connectivity index (χ4n) is 1.44. The van der Waals surface area contributed by atoms with Crippen molar-refractivity contribution < 1.29 is 9.53 Å². The van der Waals surface area contributed by atoms with Crippen molar-refractivity contribution in [3.8, 4) is 0 Å². The van der Waals surface area contributed by atoms with Gasteiger partial charge in [0, 0.05) is 12.2 Å². The quantitative estimate of drug-likeness (QED) is 0.784. The smallest absolute Gasteiger partial charge is 0.325 e. The summed E-state index contributed by atoms with van der Waals surface area (Å²) in [5, 5.41) is 0. The third-order valence-corrected chi connectivity index (χ3v) is 2.86. The van der Waals surface area contributed by atoms with Crippen molar-refractivity contribution in [1.82, 2.24) is 4.98 Å². The van der Waals surface area contributed by atoms with Crippen molar-refractivity contribution in [2.75, 3.05) is 18.1 Å². The molecule has 0 aliphatic heterocycles. The topological polar surface area (TPSA) is 42.4 Å². The number of halogens is 1. The number of carbonyl (C=O) groups excluding carboxylic acids is 1. The predicted octanol–water partition coefficient (Wildman–Crippen LogP) is 2.62. The van der Waals surface area contributed by atoms with Gasteiger partial charge in [0.15, 0.2) is 0 Å². The number of anilines is 1. The van der Waals surface area contributed by atoms with Crippen LogP contribution < -0.4 is 4.90 Å². The van der Waals surface area contributed by atoms with Crippen molar-refractivity contribution in [3.05, 3.63) is 22.8 Å². The third kappa shape index (κ3) is 4.00. The minimum atomic E-state index is -0.237. The molecule has 0 unspecified atom stereocenters. The first-order chi connectivity index (χ1) is 8.06. The van der Waals surface area contributed by atoms with Gasteiger partial charge in [-0.05, 0) is 48.8 Å². The largest absolute Gasteiger partial charge is 0.465 e. The molecule has 4 nitrogen and oxygen atoms in total. The maximum Gasteiger partial charge on any atom is 0.325 e. The second-order valence-corrected chi connectivity index (χ2v) is 4.69. The number of aromatic nitrogens is 1. The molecule has 0 saturated heterocycles. The van der Waals surface area contributed by atoms with E-state index in [1.807, 2.05) is 30.9 Å². The minimum Gasteiger partial charge on any atom is -0.465 e. The van der Waals surface area contributed by atoms with E-state index in [0.29, 0.717) is 6.61 Å². The summed E-state index contributed by atoms with van der Waals surface area (Å²) in [6, 6.07) is 3.92. The molecule has 0 aromatic carbocycles. The number of hydrogen-bond acceptors (Lipinski definition) is 4. The summed E-state index contributed by atoms with van der Waals surface area (Å²) in [5.74, 6) is 0.523. The summed E-state index contributed by atoms with van der Waals surface area (Å²) in [4.78, 5) is 17.7. The molecule has 0 aliphatic carbocycles. The van der Waals surface area contributed by atoms with Gasteiger partial charge in [-0.1, -0.05) is 0 Å². The lowest BCUT2D eigenvalue weighted by atomic mass is 10.3. The summed E-state index contributed by atoms with van der Waals surface area (Å²) in [5.41, 5.74) is 0. The Kier molecular flexibility index (Phi) is 5.41. The van der Waals surface area contributed by atoms with Gasteiger partial charge in [0.25, 0.3) is 0 Å². The highest BCUT2D eigenvalue weighted by atomic mass is 79.9. The number of pyridine rings is 1. The van der Waals surface area contributed by atoms with Gasteiger partial charge >= 0.3 is 5.97 Å². The maximum atomic E-state index is 11.5. The number of carbonyl (C=O) groups is 1. The monoisotopic (exact) mass is 300 g/mol. The second-order valence-electron chi connectivity index (χ2n) is 3.84. The summed E-state index contributed by atoms with van der Waals surface area (Å²) in [7, 11) is 0. The van der Waals surface area contributed by atoms with E-state index in [1.165, 1.54) is 0 Å². The summed E-state index contributed by atoms with van der Waals surface area (Å²) in [6.07, 6.45) is 1.71. The number of rotatable bonds is 5. The highest BCUT2D eigenvalue weighted by Gasteiger charge is 2.18. The zero-order chi connectivity index (χ0) is 12.8. The van der Waals surface area contributed by atoms with E-state index in [4.69, 9.17) is 4.74 Å². The fourth-order valence-corrected chi connectivity index (χ4v) is 1.92. The Morgan fingerprint density at radius 3 is 2.82 bits per heavy atom. The molecular formula is C12H17BrN2O2. The van der Waals surface area contributed by atoms with E-state index in [1.54, 1.807) is 13.1 Å². The van der Waals surface area contributed by atoms with Gasteiger partial charge in [-0.25, -0.2) is 4.98 Å². The van der Waals surface area contributed by atoms with Crippen LogP contribution in [0.25, 0.3) is 0 Å². The minimum absolute atomic E-state index is 0.172. The van der Waals surface area contributed by atoms with Gasteiger partial charge in [-0.3, -0.25) is 4.79 Å². The van der Waals surface area contributed by atoms with Crippen LogP contribution in [0.3, 0.4) is 0 Å². The lowest BCUT2D eigenvalue weighted by Crippen LogP contribution is -2.37. The Labute approximate surface area is 110 Å². The lowest BCUT2D eigenvalue weighted by molar-refractivity contribution is -0.141. The van der Waals surface area contributed by atoms with Crippen LogP contribution in [0.15, 0.2) is 22.8 Å². The SMILES string of the molecule is CCOC(=O)CN(c1ncccc1Br)C(C)C. The molecule has 0 amide bonds. The van der Waals surface area contributed by atoms with Crippen LogP contribution in [0.4, 0.5) is 5.82 Å². The second kappa shape index (κ2) is 6.59. The highest BCUT2D eigenvalue weighted by molar-refractivity contribution is 9.10. The summed E-state index contributed by atoms with van der Waals surface area (Å²) in [6.45, 7) is 6.43. The fraction of sp³-hybridized carbons (Fsp3) is 0.500. The Morgan fingerprint density at radius 1 is 1.59 bits per heavy atom. The van der Waals surface area contributed by atoms with Gasteiger partial charge < -0.3 is 9.64 Å². The normalized spacial score (nSPS) is 10.4. The molecule has 5 heteroatoms. The molecule has 0 bridgehead atoms. The molecule has 0 saturated carbocycles. The average molecular weight is 301 g/mol. The van der Waals surface area contributed by atoms with Gasteiger partial charge in [0.1, 0.15) is 12.4 Å². The standard InChI is InChI=1S/C12H17BrN2O2/c1-4-17-11(16)8-15(9(2)3)12-10(13)6-5-7-14-12/h5-7,9H,4,8H2,1-3H3. The van der Waals surface area contributed by atoms with Gasteiger partial charge in [0.2, 0.25) is 0 Å².